The third-order valence-corrected chi connectivity index (χ3v) is 6.51. The zero-order valence-electron chi connectivity index (χ0n) is 19.5. The first-order valence-corrected chi connectivity index (χ1v) is 12.3. The molecule has 1 aromatic heterocycles. The van der Waals surface area contributed by atoms with Gasteiger partial charge >= 0.3 is 0 Å². The van der Waals surface area contributed by atoms with Gasteiger partial charge in [-0.15, -0.1) is 0 Å². The summed E-state index contributed by atoms with van der Waals surface area (Å²) >= 11 is 6.10. The second-order valence-corrected chi connectivity index (χ2v) is 8.99. The number of aromatic nitrogens is 2. The molecule has 8 heteroatoms. The summed E-state index contributed by atoms with van der Waals surface area (Å²) in [7, 11) is 0. The highest BCUT2D eigenvalue weighted by Crippen LogP contribution is 2.23. The van der Waals surface area contributed by atoms with Crippen molar-refractivity contribution in [3.05, 3.63) is 75.2 Å². The molecule has 1 N–H and O–H groups in total. The molecule has 1 atom stereocenters. The minimum atomic E-state index is -0.285. The van der Waals surface area contributed by atoms with Crippen molar-refractivity contribution in [1.82, 2.24) is 20.0 Å². The van der Waals surface area contributed by atoms with Gasteiger partial charge in [0.2, 0.25) is 0 Å². The second kappa shape index (κ2) is 11.6. The topological polar surface area (TPSA) is 76.5 Å². The highest BCUT2D eigenvalue weighted by atomic mass is 35.5. The first-order chi connectivity index (χ1) is 16.6. The van der Waals surface area contributed by atoms with E-state index in [1.807, 2.05) is 36.4 Å². The number of nitrogens with zero attached hydrogens (tertiary/aromatic N) is 3. The van der Waals surface area contributed by atoms with E-state index in [0.717, 1.165) is 37.9 Å². The number of carbonyl (C=O) groups excluding carboxylic acids is 1. The van der Waals surface area contributed by atoms with Crippen LogP contribution in [0.15, 0.2) is 53.3 Å². The molecule has 1 fully saturated rings. The maximum absolute atomic E-state index is 13.4. The van der Waals surface area contributed by atoms with Crippen LogP contribution in [0, 0.1) is 0 Å². The Morgan fingerprint density at radius 1 is 1.09 bits per heavy atom. The summed E-state index contributed by atoms with van der Waals surface area (Å²) in [6, 6.07) is 14.9. The Balaban J connectivity index is 1.60. The molecule has 0 saturated carbocycles. The number of fused-ring (bicyclic) bond motifs is 1. The number of halogens is 1. The van der Waals surface area contributed by atoms with Crippen LogP contribution in [0.3, 0.4) is 0 Å². The Labute approximate surface area is 204 Å². The highest BCUT2D eigenvalue weighted by Gasteiger charge is 2.24. The standard InChI is InChI=1S/C26H31ClN4O3/c1-2-3-6-13-31-26(33)22-8-5-4-7-21(22)24(29-31)25(32)28-18-23(30-14-16-34-17-15-30)19-9-11-20(27)12-10-19/h4-5,7-12,23H,2-3,6,13-18H2,1H3,(H,28,32). The summed E-state index contributed by atoms with van der Waals surface area (Å²) in [4.78, 5) is 28.6. The Kier molecular flexibility index (Phi) is 8.32. The molecular weight excluding hydrogens is 452 g/mol. The quantitative estimate of drug-likeness (QED) is 0.466. The number of hydrogen-bond donors (Lipinski definition) is 1. The van der Waals surface area contributed by atoms with E-state index in [1.165, 1.54) is 4.68 Å². The van der Waals surface area contributed by atoms with Gasteiger partial charge in [-0.1, -0.05) is 61.7 Å². The van der Waals surface area contributed by atoms with Crippen LogP contribution < -0.4 is 10.9 Å². The fraction of sp³-hybridized carbons (Fsp3) is 0.423. The van der Waals surface area contributed by atoms with E-state index < -0.39 is 0 Å². The first-order valence-electron chi connectivity index (χ1n) is 11.9. The molecule has 1 aliphatic heterocycles. The summed E-state index contributed by atoms with van der Waals surface area (Å²) in [5.41, 5.74) is 1.20. The fourth-order valence-electron chi connectivity index (χ4n) is 4.37. The molecule has 4 rings (SSSR count). The molecule has 0 radical (unpaired) electrons. The number of morpholine rings is 1. The zero-order valence-corrected chi connectivity index (χ0v) is 20.3. The van der Waals surface area contributed by atoms with Crippen LogP contribution in [0.1, 0.15) is 48.3 Å². The lowest BCUT2D eigenvalue weighted by Crippen LogP contribution is -2.44. The van der Waals surface area contributed by atoms with E-state index in [1.54, 1.807) is 12.1 Å². The van der Waals surface area contributed by atoms with Gasteiger partial charge in [-0.25, -0.2) is 4.68 Å². The lowest BCUT2D eigenvalue weighted by Gasteiger charge is -2.35. The maximum atomic E-state index is 13.4. The van der Waals surface area contributed by atoms with Gasteiger partial charge in [-0.05, 0) is 30.2 Å². The van der Waals surface area contributed by atoms with E-state index in [9.17, 15) is 9.59 Å². The molecule has 1 unspecified atom stereocenters. The normalized spacial score (nSPS) is 15.4. The van der Waals surface area contributed by atoms with Crippen molar-refractivity contribution in [2.24, 2.45) is 0 Å². The highest BCUT2D eigenvalue weighted by molar-refractivity contribution is 6.30. The summed E-state index contributed by atoms with van der Waals surface area (Å²) in [5, 5.41) is 9.34. The van der Waals surface area contributed by atoms with Crippen molar-refractivity contribution in [3.8, 4) is 0 Å². The van der Waals surface area contributed by atoms with Gasteiger partial charge in [0.25, 0.3) is 11.5 Å². The van der Waals surface area contributed by atoms with Gasteiger partial charge in [-0.3, -0.25) is 14.5 Å². The average Bonchev–Trinajstić information content (AvgIpc) is 2.87. The lowest BCUT2D eigenvalue weighted by atomic mass is 10.0. The lowest BCUT2D eigenvalue weighted by molar-refractivity contribution is 0.0162. The van der Waals surface area contributed by atoms with Crippen LogP contribution in [0.5, 0.6) is 0 Å². The Hall–Kier alpha value is -2.74. The third kappa shape index (κ3) is 5.66. The van der Waals surface area contributed by atoms with E-state index in [-0.39, 0.29) is 23.2 Å². The van der Waals surface area contributed by atoms with Crippen molar-refractivity contribution in [2.45, 2.75) is 38.8 Å². The predicted molar refractivity (Wildman–Crippen MR) is 134 cm³/mol. The Morgan fingerprint density at radius 3 is 2.50 bits per heavy atom. The van der Waals surface area contributed by atoms with Gasteiger partial charge in [0, 0.05) is 36.6 Å². The summed E-state index contributed by atoms with van der Waals surface area (Å²) in [6.45, 7) is 5.91. The minimum absolute atomic E-state index is 0.0214. The average molecular weight is 483 g/mol. The molecule has 34 heavy (non-hydrogen) atoms. The van der Waals surface area contributed by atoms with E-state index >= 15 is 0 Å². The predicted octanol–water partition coefficient (Wildman–Crippen LogP) is 4.04. The number of rotatable bonds is 9. The smallest absolute Gasteiger partial charge is 0.274 e. The molecule has 0 bridgehead atoms. The molecule has 1 amide bonds. The SMILES string of the molecule is CCCCCn1nc(C(=O)NCC(c2ccc(Cl)cc2)N2CCOCC2)c2ccccc2c1=O. The molecule has 1 saturated heterocycles. The van der Waals surface area contributed by atoms with Crippen molar-refractivity contribution in [1.29, 1.82) is 0 Å². The van der Waals surface area contributed by atoms with E-state index in [4.69, 9.17) is 16.3 Å². The van der Waals surface area contributed by atoms with Crippen LogP contribution >= 0.6 is 11.6 Å². The maximum Gasteiger partial charge on any atom is 0.274 e. The number of carbonyl (C=O) groups is 1. The number of aryl methyl sites for hydroxylation is 1. The molecule has 0 aliphatic carbocycles. The number of nitrogens with one attached hydrogen (secondary N) is 1. The number of amides is 1. The molecule has 7 nitrogen and oxygen atoms in total. The number of unbranched alkanes of at least 4 members (excludes halogenated alkanes) is 2. The van der Waals surface area contributed by atoms with Crippen molar-refractivity contribution in [2.75, 3.05) is 32.8 Å². The third-order valence-electron chi connectivity index (χ3n) is 6.25. The number of benzene rings is 2. The molecule has 1 aliphatic rings. The molecule has 180 valence electrons. The van der Waals surface area contributed by atoms with Gasteiger partial charge in [0.05, 0.1) is 24.6 Å². The van der Waals surface area contributed by atoms with Crippen molar-refractivity contribution < 1.29 is 9.53 Å². The molecule has 3 aromatic rings. The summed E-state index contributed by atoms with van der Waals surface area (Å²) < 4.78 is 6.96. The van der Waals surface area contributed by atoms with Crippen LogP contribution in [0.4, 0.5) is 0 Å². The van der Waals surface area contributed by atoms with E-state index in [2.05, 4.69) is 22.2 Å². The van der Waals surface area contributed by atoms with Crippen molar-refractivity contribution >= 4 is 28.3 Å². The fourth-order valence-corrected chi connectivity index (χ4v) is 4.50. The summed E-state index contributed by atoms with van der Waals surface area (Å²) in [5.74, 6) is -0.285. The van der Waals surface area contributed by atoms with Gasteiger partial charge in [0.15, 0.2) is 5.69 Å². The van der Waals surface area contributed by atoms with E-state index in [0.29, 0.717) is 42.1 Å². The van der Waals surface area contributed by atoms with Crippen LogP contribution in [-0.2, 0) is 11.3 Å². The van der Waals surface area contributed by atoms with Crippen LogP contribution in [0.2, 0.25) is 5.02 Å². The van der Waals surface area contributed by atoms with Gasteiger partial charge in [-0.2, -0.15) is 5.10 Å². The zero-order chi connectivity index (χ0) is 23.9. The van der Waals surface area contributed by atoms with Crippen LogP contribution in [-0.4, -0.2) is 53.4 Å². The van der Waals surface area contributed by atoms with Gasteiger partial charge < -0.3 is 10.1 Å². The monoisotopic (exact) mass is 482 g/mol. The van der Waals surface area contributed by atoms with Gasteiger partial charge in [0.1, 0.15) is 0 Å². The number of ether oxygens (including phenoxy) is 1. The first kappa shape index (κ1) is 24.4. The largest absolute Gasteiger partial charge is 0.379 e. The Bertz CT molecular complexity index is 1170. The van der Waals surface area contributed by atoms with Crippen LogP contribution in [0.25, 0.3) is 10.8 Å². The summed E-state index contributed by atoms with van der Waals surface area (Å²) in [6.07, 6.45) is 2.90. The Morgan fingerprint density at radius 2 is 1.79 bits per heavy atom. The minimum Gasteiger partial charge on any atom is -0.379 e. The molecule has 2 heterocycles. The molecular formula is C26H31ClN4O3. The number of hydrogen-bond acceptors (Lipinski definition) is 5. The second-order valence-electron chi connectivity index (χ2n) is 8.56. The van der Waals surface area contributed by atoms with Crippen molar-refractivity contribution in [3.63, 3.8) is 0 Å². The molecule has 2 aromatic carbocycles. The molecule has 0 spiro atoms.